The molecule has 6 heteroatoms. The number of nitrogens with zero attached hydrogens (tertiary/aromatic N) is 2. The van der Waals surface area contributed by atoms with E-state index in [0.717, 1.165) is 36.9 Å². The summed E-state index contributed by atoms with van der Waals surface area (Å²) in [6, 6.07) is -0.0932. The number of rotatable bonds is 5. The minimum atomic E-state index is -3.16. The number of hydrogen-bond acceptors (Lipinski definition) is 3. The van der Waals surface area contributed by atoms with Crippen molar-refractivity contribution < 1.29 is 8.42 Å². The molecule has 0 fully saturated rings. The van der Waals surface area contributed by atoms with Gasteiger partial charge >= 0.3 is 0 Å². The second-order valence-corrected chi connectivity index (χ2v) is 6.78. The fourth-order valence-electron chi connectivity index (χ4n) is 2.44. The Balaban J connectivity index is 2.12. The van der Waals surface area contributed by atoms with E-state index in [0.29, 0.717) is 6.42 Å². The van der Waals surface area contributed by atoms with Gasteiger partial charge in [0.25, 0.3) is 0 Å². The predicted octanol–water partition coefficient (Wildman–Crippen LogP) is 1.52. The topological polar surface area (TPSA) is 64.0 Å². The van der Waals surface area contributed by atoms with E-state index >= 15 is 0 Å². The summed E-state index contributed by atoms with van der Waals surface area (Å²) in [5, 5.41) is 4.22. The largest absolute Gasteiger partial charge is 0.272 e. The molecule has 1 aromatic rings. The highest BCUT2D eigenvalue weighted by molar-refractivity contribution is 7.89. The summed E-state index contributed by atoms with van der Waals surface area (Å²) in [6.07, 6.45) is 6.25. The van der Waals surface area contributed by atoms with Crippen molar-refractivity contribution in [1.82, 2.24) is 14.5 Å². The first kappa shape index (κ1) is 13.5. The van der Waals surface area contributed by atoms with Gasteiger partial charge in [0.2, 0.25) is 10.0 Å². The third-order valence-electron chi connectivity index (χ3n) is 3.46. The van der Waals surface area contributed by atoms with Crippen molar-refractivity contribution in [2.75, 3.05) is 5.75 Å². The van der Waals surface area contributed by atoms with Gasteiger partial charge in [-0.05, 0) is 25.7 Å². The lowest BCUT2D eigenvalue weighted by atomic mass is 9.94. The molecule has 1 aliphatic carbocycles. The summed E-state index contributed by atoms with van der Waals surface area (Å²) < 4.78 is 28.5. The Labute approximate surface area is 109 Å². The first-order valence-electron chi connectivity index (χ1n) is 6.54. The molecule has 0 spiro atoms. The molecule has 1 unspecified atom stereocenters. The smallest absolute Gasteiger partial charge is 0.212 e. The Hall–Kier alpha value is -0.880. The van der Waals surface area contributed by atoms with Crippen LogP contribution >= 0.6 is 0 Å². The lowest BCUT2D eigenvalue weighted by Gasteiger charge is -2.23. The molecule has 1 N–H and O–H groups in total. The summed E-state index contributed by atoms with van der Waals surface area (Å²) >= 11 is 0. The number of fused-ring (bicyclic) bond motifs is 1. The lowest BCUT2D eigenvalue weighted by molar-refractivity contribution is 0.497. The molecule has 18 heavy (non-hydrogen) atoms. The number of hydrogen-bond donors (Lipinski definition) is 1. The number of aryl methyl sites for hydroxylation is 1. The maximum atomic E-state index is 11.9. The van der Waals surface area contributed by atoms with Gasteiger partial charge in [-0.3, -0.25) is 4.68 Å². The van der Waals surface area contributed by atoms with Crippen LogP contribution in [0.2, 0.25) is 0 Å². The summed E-state index contributed by atoms with van der Waals surface area (Å²) in [6.45, 7) is 2.00. The predicted molar refractivity (Wildman–Crippen MR) is 70.7 cm³/mol. The van der Waals surface area contributed by atoms with Crippen molar-refractivity contribution in [1.29, 1.82) is 0 Å². The minimum Gasteiger partial charge on any atom is -0.272 e. The van der Waals surface area contributed by atoms with Gasteiger partial charge in [-0.2, -0.15) is 5.10 Å². The molecule has 0 saturated carbocycles. The zero-order valence-electron chi connectivity index (χ0n) is 11.0. The van der Waals surface area contributed by atoms with E-state index in [1.165, 1.54) is 0 Å². The first-order valence-corrected chi connectivity index (χ1v) is 8.19. The van der Waals surface area contributed by atoms with Gasteiger partial charge in [0, 0.05) is 18.3 Å². The van der Waals surface area contributed by atoms with E-state index in [-0.39, 0.29) is 11.8 Å². The van der Waals surface area contributed by atoms with Gasteiger partial charge in [-0.25, -0.2) is 13.1 Å². The normalized spacial score (nSPS) is 19.8. The van der Waals surface area contributed by atoms with Crippen molar-refractivity contribution in [3.8, 4) is 0 Å². The number of aromatic nitrogens is 2. The highest BCUT2D eigenvalue weighted by atomic mass is 32.2. The Morgan fingerprint density at radius 1 is 1.56 bits per heavy atom. The zero-order valence-corrected chi connectivity index (χ0v) is 11.8. The maximum absolute atomic E-state index is 11.9. The molecular formula is C12H21N3O2S. The van der Waals surface area contributed by atoms with E-state index < -0.39 is 10.0 Å². The van der Waals surface area contributed by atoms with Crippen LogP contribution in [0.4, 0.5) is 0 Å². The summed E-state index contributed by atoms with van der Waals surface area (Å²) in [5.41, 5.74) is 2.20. The third kappa shape index (κ3) is 2.92. The Morgan fingerprint density at radius 3 is 3.06 bits per heavy atom. The Kier molecular flexibility index (Phi) is 4.07. The van der Waals surface area contributed by atoms with Crippen LogP contribution in [0, 0.1) is 0 Å². The van der Waals surface area contributed by atoms with Crippen molar-refractivity contribution in [2.45, 2.75) is 45.1 Å². The van der Waals surface area contributed by atoms with E-state index in [9.17, 15) is 8.42 Å². The summed E-state index contributed by atoms with van der Waals surface area (Å²) in [5.74, 6) is 0.218. The highest BCUT2D eigenvalue weighted by Gasteiger charge is 2.26. The molecule has 1 heterocycles. The molecule has 1 aromatic heterocycles. The zero-order chi connectivity index (χ0) is 13.2. The fourth-order valence-corrected chi connectivity index (χ4v) is 3.90. The lowest BCUT2D eigenvalue weighted by Crippen LogP contribution is -2.32. The van der Waals surface area contributed by atoms with Crippen LogP contribution in [0.1, 0.15) is 49.9 Å². The van der Waals surface area contributed by atoms with Crippen LogP contribution in [0.25, 0.3) is 0 Å². The minimum absolute atomic E-state index is 0.0932. The highest BCUT2D eigenvalue weighted by Crippen LogP contribution is 2.29. The van der Waals surface area contributed by atoms with Crippen LogP contribution in [0.15, 0.2) is 6.20 Å². The van der Waals surface area contributed by atoms with Crippen LogP contribution < -0.4 is 4.72 Å². The van der Waals surface area contributed by atoms with E-state index in [4.69, 9.17) is 0 Å². The van der Waals surface area contributed by atoms with Gasteiger partial charge in [0.1, 0.15) is 0 Å². The van der Waals surface area contributed by atoms with E-state index in [1.807, 2.05) is 18.7 Å². The number of sulfonamides is 1. The Morgan fingerprint density at radius 2 is 2.33 bits per heavy atom. The standard InChI is InChI=1S/C12H21N3O2S/c1-3-4-8-18(16,17)14-11-6-5-7-12-10(11)9-13-15(12)2/h9,11,14H,3-8H2,1-2H3. The molecule has 2 rings (SSSR count). The SMILES string of the molecule is CCCCS(=O)(=O)NC1CCCc2c1cnn2C. The second kappa shape index (κ2) is 5.40. The molecule has 0 amide bonds. The average molecular weight is 271 g/mol. The van der Waals surface area contributed by atoms with Crippen LogP contribution in [0.3, 0.4) is 0 Å². The van der Waals surface area contributed by atoms with Gasteiger partial charge in [-0.15, -0.1) is 0 Å². The second-order valence-electron chi connectivity index (χ2n) is 4.91. The maximum Gasteiger partial charge on any atom is 0.212 e. The molecule has 0 bridgehead atoms. The molecule has 1 atom stereocenters. The molecular weight excluding hydrogens is 250 g/mol. The number of nitrogens with one attached hydrogen (secondary N) is 1. The van der Waals surface area contributed by atoms with E-state index in [2.05, 4.69) is 9.82 Å². The Bertz CT molecular complexity index is 507. The molecule has 102 valence electrons. The van der Waals surface area contributed by atoms with E-state index in [1.54, 1.807) is 6.20 Å². The van der Waals surface area contributed by atoms with Crippen molar-refractivity contribution in [3.63, 3.8) is 0 Å². The summed E-state index contributed by atoms with van der Waals surface area (Å²) in [7, 11) is -1.25. The molecule has 0 aliphatic heterocycles. The average Bonchev–Trinajstić information content (AvgIpc) is 2.70. The fraction of sp³-hybridized carbons (Fsp3) is 0.750. The number of unbranched alkanes of at least 4 members (excludes halogenated alkanes) is 1. The van der Waals surface area contributed by atoms with Crippen LogP contribution in [-0.4, -0.2) is 24.0 Å². The summed E-state index contributed by atoms with van der Waals surface area (Å²) in [4.78, 5) is 0. The van der Waals surface area contributed by atoms with Gasteiger partial charge in [-0.1, -0.05) is 13.3 Å². The molecule has 1 aliphatic rings. The van der Waals surface area contributed by atoms with Gasteiger partial charge in [0.05, 0.1) is 18.0 Å². The monoisotopic (exact) mass is 271 g/mol. The third-order valence-corrected chi connectivity index (χ3v) is 4.93. The molecule has 0 saturated heterocycles. The first-order chi connectivity index (χ1) is 8.53. The van der Waals surface area contributed by atoms with Gasteiger partial charge in [0.15, 0.2) is 0 Å². The van der Waals surface area contributed by atoms with Crippen molar-refractivity contribution in [2.24, 2.45) is 7.05 Å². The van der Waals surface area contributed by atoms with Crippen LogP contribution in [-0.2, 0) is 23.5 Å². The molecule has 0 aromatic carbocycles. The van der Waals surface area contributed by atoms with Crippen molar-refractivity contribution >= 4 is 10.0 Å². The molecule has 0 radical (unpaired) electrons. The van der Waals surface area contributed by atoms with Crippen molar-refractivity contribution in [3.05, 3.63) is 17.5 Å². The molecule has 5 nitrogen and oxygen atoms in total. The van der Waals surface area contributed by atoms with Gasteiger partial charge < -0.3 is 0 Å². The van der Waals surface area contributed by atoms with Crippen LogP contribution in [0.5, 0.6) is 0 Å². The quantitative estimate of drug-likeness (QED) is 0.883.